The Kier molecular flexibility index (Phi) is 4.88. The highest BCUT2D eigenvalue weighted by Crippen LogP contribution is 2.22. The summed E-state index contributed by atoms with van der Waals surface area (Å²) in [7, 11) is 0. The predicted octanol–water partition coefficient (Wildman–Crippen LogP) is 3.05. The number of hydrogen-bond acceptors (Lipinski definition) is 3. The van der Waals surface area contributed by atoms with Gasteiger partial charge in [-0.15, -0.1) is 0 Å². The first-order chi connectivity index (χ1) is 9.58. The Bertz CT molecular complexity index is 691. The van der Waals surface area contributed by atoms with Crippen molar-refractivity contribution in [2.45, 2.75) is 19.2 Å². The highest BCUT2D eigenvalue weighted by Gasteiger charge is 2.18. The fourth-order valence-corrected chi connectivity index (χ4v) is 2.97. The van der Waals surface area contributed by atoms with Gasteiger partial charge in [-0.05, 0) is 36.9 Å². The van der Waals surface area contributed by atoms with Crippen LogP contribution in [0.2, 0.25) is 0 Å². The van der Waals surface area contributed by atoms with E-state index in [-0.39, 0.29) is 16.9 Å². The molecule has 4 nitrogen and oxygen atoms in total. The predicted molar refractivity (Wildman–Crippen MR) is 85.5 cm³/mol. The molecule has 1 heterocycles. The van der Waals surface area contributed by atoms with Gasteiger partial charge in [0, 0.05) is 28.5 Å². The van der Waals surface area contributed by atoms with Crippen molar-refractivity contribution in [3.63, 3.8) is 0 Å². The topological polar surface area (TPSA) is 54.9 Å². The lowest BCUT2D eigenvalue weighted by Crippen LogP contribution is -2.21. The van der Waals surface area contributed by atoms with Crippen molar-refractivity contribution in [2.75, 3.05) is 6.26 Å². The van der Waals surface area contributed by atoms with Crippen LogP contribution < -0.4 is 5.56 Å². The Labute approximate surface area is 129 Å². The molecule has 0 aliphatic rings. The summed E-state index contributed by atoms with van der Waals surface area (Å²) in [5.74, 6) is 0.502. The molecule has 0 bridgehead atoms. The molecule has 1 aromatic heterocycles. The second-order valence-electron chi connectivity index (χ2n) is 4.30. The van der Waals surface area contributed by atoms with Gasteiger partial charge in [-0.3, -0.25) is 14.3 Å². The largest absolute Gasteiger partial charge is 0.302 e. The number of ketones is 1. The summed E-state index contributed by atoms with van der Waals surface area (Å²) in [5, 5.41) is 2.81. The fourth-order valence-electron chi connectivity index (χ4n) is 2.01. The zero-order valence-electron chi connectivity index (χ0n) is 11.3. The Morgan fingerprint density at radius 1 is 1.40 bits per heavy atom. The first-order valence-corrected chi connectivity index (χ1v) is 8.37. The molecule has 6 heteroatoms. The molecule has 0 saturated heterocycles. The summed E-state index contributed by atoms with van der Waals surface area (Å²) in [5.41, 5.74) is 1.44. The molecule has 1 aromatic carbocycles. The minimum absolute atomic E-state index is 0.191. The molecule has 0 aliphatic heterocycles. The first kappa shape index (κ1) is 15.1. The van der Waals surface area contributed by atoms with E-state index in [4.69, 9.17) is 0 Å². The molecule has 0 unspecified atom stereocenters. The maximum atomic E-state index is 12.5. The van der Waals surface area contributed by atoms with Crippen molar-refractivity contribution < 1.29 is 4.79 Å². The van der Waals surface area contributed by atoms with Crippen LogP contribution in [0.3, 0.4) is 0 Å². The van der Waals surface area contributed by atoms with Gasteiger partial charge in [0.05, 0.1) is 0 Å². The van der Waals surface area contributed by atoms with E-state index in [2.05, 4.69) is 21.0 Å². The molecule has 0 aliphatic carbocycles. The molecule has 0 radical (unpaired) electrons. The lowest BCUT2D eigenvalue weighted by molar-refractivity contribution is 0.103. The smallest absolute Gasteiger partial charge is 0.277 e. The van der Waals surface area contributed by atoms with Gasteiger partial charge in [-0.25, -0.2) is 0 Å². The number of hydrogen-bond donors (Lipinski definition) is 1. The van der Waals surface area contributed by atoms with E-state index < -0.39 is 0 Å². The average Bonchev–Trinajstić information content (AvgIpc) is 2.80. The summed E-state index contributed by atoms with van der Waals surface area (Å²) >= 11 is 5.05. The van der Waals surface area contributed by atoms with Crippen molar-refractivity contribution in [1.29, 1.82) is 0 Å². The van der Waals surface area contributed by atoms with Gasteiger partial charge in [-0.2, -0.15) is 11.8 Å². The van der Waals surface area contributed by atoms with Crippen molar-refractivity contribution in [3.05, 3.63) is 55.9 Å². The number of nitrogens with zero attached hydrogens (tertiary/aromatic N) is 1. The number of aryl methyl sites for hydroxylation is 1. The standard InChI is InChI=1S/C14H15BrN2O2S/c1-3-17-14(19)12(7-16-17)13(18)11-5-4-10(15)6-9(11)8-20-2/h4-7,16H,3,8H2,1-2H3. The minimum Gasteiger partial charge on any atom is -0.302 e. The van der Waals surface area contributed by atoms with Crippen LogP contribution in [-0.4, -0.2) is 21.8 Å². The minimum atomic E-state index is -0.268. The summed E-state index contributed by atoms with van der Waals surface area (Å²) < 4.78 is 2.35. The van der Waals surface area contributed by atoms with E-state index in [1.165, 1.54) is 10.9 Å². The number of nitrogens with one attached hydrogen (secondary N) is 1. The van der Waals surface area contributed by atoms with Gasteiger partial charge in [0.2, 0.25) is 0 Å². The number of rotatable bonds is 5. The number of H-pyrrole nitrogens is 1. The summed E-state index contributed by atoms with van der Waals surface area (Å²) in [6, 6.07) is 5.51. The Morgan fingerprint density at radius 2 is 2.15 bits per heavy atom. The molecule has 106 valence electrons. The number of carbonyl (C=O) groups excluding carboxylic acids is 1. The molecule has 0 saturated carbocycles. The molecule has 1 N–H and O–H groups in total. The number of aromatic nitrogens is 2. The molecule has 0 atom stereocenters. The maximum Gasteiger partial charge on any atom is 0.277 e. The van der Waals surface area contributed by atoms with Gasteiger partial charge in [-0.1, -0.05) is 15.9 Å². The van der Waals surface area contributed by atoms with Crippen molar-refractivity contribution in [2.24, 2.45) is 0 Å². The van der Waals surface area contributed by atoms with Crippen LogP contribution in [0.5, 0.6) is 0 Å². The second kappa shape index (κ2) is 6.45. The third-order valence-electron chi connectivity index (χ3n) is 3.01. The normalized spacial score (nSPS) is 10.8. The third kappa shape index (κ3) is 2.91. The van der Waals surface area contributed by atoms with Crippen LogP contribution in [0.4, 0.5) is 0 Å². The van der Waals surface area contributed by atoms with Crippen LogP contribution in [-0.2, 0) is 12.3 Å². The molecule has 0 spiro atoms. The lowest BCUT2D eigenvalue weighted by atomic mass is 10.0. The van der Waals surface area contributed by atoms with Crippen LogP contribution in [0.25, 0.3) is 0 Å². The van der Waals surface area contributed by atoms with Gasteiger partial charge < -0.3 is 5.10 Å². The van der Waals surface area contributed by atoms with Crippen molar-refractivity contribution in [1.82, 2.24) is 9.78 Å². The van der Waals surface area contributed by atoms with Crippen LogP contribution in [0.15, 0.2) is 33.7 Å². The molecular weight excluding hydrogens is 340 g/mol. The number of carbonyl (C=O) groups is 1. The third-order valence-corrected chi connectivity index (χ3v) is 4.11. The molecule has 0 fully saturated rings. The maximum absolute atomic E-state index is 12.5. The van der Waals surface area contributed by atoms with Crippen LogP contribution in [0, 0.1) is 0 Å². The highest BCUT2D eigenvalue weighted by molar-refractivity contribution is 9.10. The van der Waals surface area contributed by atoms with Crippen LogP contribution >= 0.6 is 27.7 Å². The van der Waals surface area contributed by atoms with E-state index >= 15 is 0 Å². The number of benzene rings is 1. The van der Waals surface area contributed by atoms with E-state index in [0.717, 1.165) is 15.8 Å². The number of halogens is 1. The average molecular weight is 355 g/mol. The van der Waals surface area contributed by atoms with Gasteiger partial charge in [0.1, 0.15) is 5.56 Å². The van der Waals surface area contributed by atoms with Crippen molar-refractivity contribution >= 4 is 33.5 Å². The van der Waals surface area contributed by atoms with Crippen molar-refractivity contribution in [3.8, 4) is 0 Å². The molecular formula is C14H15BrN2O2S. The lowest BCUT2D eigenvalue weighted by Gasteiger charge is -2.07. The first-order valence-electron chi connectivity index (χ1n) is 6.18. The van der Waals surface area contributed by atoms with E-state index in [9.17, 15) is 9.59 Å². The van der Waals surface area contributed by atoms with Gasteiger partial charge in [0.15, 0.2) is 5.78 Å². The highest BCUT2D eigenvalue weighted by atomic mass is 79.9. The molecule has 2 aromatic rings. The Morgan fingerprint density at radius 3 is 2.75 bits per heavy atom. The zero-order valence-corrected chi connectivity index (χ0v) is 13.7. The Balaban J connectivity index is 2.47. The second-order valence-corrected chi connectivity index (χ2v) is 6.08. The number of aromatic amines is 1. The summed E-state index contributed by atoms with van der Waals surface area (Å²) in [6.07, 6.45) is 3.47. The molecule has 0 amide bonds. The summed E-state index contributed by atoms with van der Waals surface area (Å²) in [4.78, 5) is 24.6. The van der Waals surface area contributed by atoms with E-state index in [1.54, 1.807) is 17.8 Å². The van der Waals surface area contributed by atoms with E-state index in [0.29, 0.717) is 12.1 Å². The summed E-state index contributed by atoms with van der Waals surface area (Å²) in [6.45, 7) is 2.37. The van der Waals surface area contributed by atoms with E-state index in [1.807, 2.05) is 25.3 Å². The monoisotopic (exact) mass is 354 g/mol. The zero-order chi connectivity index (χ0) is 14.7. The van der Waals surface area contributed by atoms with Gasteiger partial charge >= 0.3 is 0 Å². The van der Waals surface area contributed by atoms with Gasteiger partial charge in [0.25, 0.3) is 5.56 Å². The SMILES string of the molecule is CCn1[nH]cc(C(=O)c2ccc(Br)cc2CSC)c1=O. The van der Waals surface area contributed by atoms with Crippen LogP contribution in [0.1, 0.15) is 28.4 Å². The Hall–Kier alpha value is -1.27. The fraction of sp³-hybridized carbons (Fsp3) is 0.286. The molecule has 2 rings (SSSR count). The quantitative estimate of drug-likeness (QED) is 0.839. The molecule has 20 heavy (non-hydrogen) atoms. The number of thioether (sulfide) groups is 1.